The number of carbonyl (C=O) groups is 1. The van der Waals surface area contributed by atoms with Crippen LogP contribution in [-0.2, 0) is 9.63 Å². The molecular weight excluding hydrogens is 230 g/mol. The molecule has 0 radical (unpaired) electrons. The Morgan fingerprint density at radius 2 is 2.11 bits per heavy atom. The standard InChI is InChI=1S/C14H13NO3/c1-3-8-17-12-6-4-11(5-7-12)9-13-10(2)15-18-14(13)16/h3-7,9H,1,8H2,2H3. The van der Waals surface area contributed by atoms with E-state index in [0.717, 1.165) is 11.3 Å². The van der Waals surface area contributed by atoms with Gasteiger partial charge < -0.3 is 9.57 Å². The Bertz CT molecular complexity index is 526. The molecule has 4 nitrogen and oxygen atoms in total. The molecule has 2 rings (SSSR count). The molecule has 1 aliphatic rings. The molecule has 0 amide bonds. The minimum absolute atomic E-state index is 0.417. The Hall–Kier alpha value is -2.36. The Kier molecular flexibility index (Phi) is 3.57. The first-order chi connectivity index (χ1) is 8.70. The lowest BCUT2D eigenvalue weighted by Crippen LogP contribution is -2.01. The molecule has 0 spiro atoms. The summed E-state index contributed by atoms with van der Waals surface area (Å²) in [5.74, 6) is 0.343. The molecule has 0 saturated carbocycles. The van der Waals surface area contributed by atoms with Crippen molar-refractivity contribution < 1.29 is 14.4 Å². The van der Waals surface area contributed by atoms with Gasteiger partial charge in [0.15, 0.2) is 0 Å². The van der Waals surface area contributed by atoms with Crippen molar-refractivity contribution in [2.45, 2.75) is 6.92 Å². The molecule has 4 heteroatoms. The first kappa shape index (κ1) is 12.1. The molecule has 0 aliphatic carbocycles. The van der Waals surface area contributed by atoms with Gasteiger partial charge in [-0.05, 0) is 30.7 Å². The zero-order valence-corrected chi connectivity index (χ0v) is 10.1. The summed E-state index contributed by atoms with van der Waals surface area (Å²) in [7, 11) is 0. The number of oxime groups is 1. The van der Waals surface area contributed by atoms with Crippen molar-refractivity contribution in [3.8, 4) is 5.75 Å². The predicted octanol–water partition coefficient (Wildman–Crippen LogP) is 2.57. The van der Waals surface area contributed by atoms with Gasteiger partial charge in [-0.1, -0.05) is 29.9 Å². The van der Waals surface area contributed by atoms with Gasteiger partial charge in [0.25, 0.3) is 0 Å². The third-order valence-electron chi connectivity index (χ3n) is 2.43. The average Bonchev–Trinajstić information content (AvgIpc) is 2.70. The van der Waals surface area contributed by atoms with E-state index in [1.165, 1.54) is 0 Å². The summed E-state index contributed by atoms with van der Waals surface area (Å²) in [6.07, 6.45) is 3.43. The van der Waals surface area contributed by atoms with Gasteiger partial charge in [0.05, 0.1) is 11.3 Å². The van der Waals surface area contributed by atoms with Crippen molar-refractivity contribution in [2.75, 3.05) is 6.61 Å². The highest BCUT2D eigenvalue weighted by molar-refractivity contribution is 6.24. The molecule has 0 fully saturated rings. The molecule has 1 heterocycles. The van der Waals surface area contributed by atoms with Gasteiger partial charge >= 0.3 is 5.97 Å². The lowest BCUT2D eigenvalue weighted by molar-refractivity contribution is -0.136. The van der Waals surface area contributed by atoms with E-state index < -0.39 is 5.97 Å². The number of rotatable bonds is 4. The summed E-state index contributed by atoms with van der Waals surface area (Å²) >= 11 is 0. The average molecular weight is 243 g/mol. The van der Waals surface area contributed by atoms with Crippen LogP contribution in [0.25, 0.3) is 6.08 Å². The van der Waals surface area contributed by atoms with E-state index >= 15 is 0 Å². The number of carbonyl (C=O) groups excluding carboxylic acids is 1. The van der Waals surface area contributed by atoms with E-state index in [9.17, 15) is 4.79 Å². The molecule has 18 heavy (non-hydrogen) atoms. The van der Waals surface area contributed by atoms with Crippen molar-refractivity contribution >= 4 is 17.8 Å². The third kappa shape index (κ3) is 2.66. The highest BCUT2D eigenvalue weighted by Crippen LogP contribution is 2.18. The number of hydrogen-bond acceptors (Lipinski definition) is 4. The summed E-state index contributed by atoms with van der Waals surface area (Å²) in [4.78, 5) is 15.9. The van der Waals surface area contributed by atoms with Crippen LogP contribution in [0.3, 0.4) is 0 Å². The quantitative estimate of drug-likeness (QED) is 0.464. The summed E-state index contributed by atoms with van der Waals surface area (Å²) < 4.78 is 5.37. The number of benzene rings is 1. The lowest BCUT2D eigenvalue weighted by Gasteiger charge is -2.03. The van der Waals surface area contributed by atoms with Gasteiger partial charge in [-0.2, -0.15) is 0 Å². The Morgan fingerprint density at radius 1 is 1.39 bits per heavy atom. The summed E-state index contributed by atoms with van der Waals surface area (Å²) in [5.41, 5.74) is 1.96. The van der Waals surface area contributed by atoms with Gasteiger partial charge in [-0.25, -0.2) is 4.79 Å². The second-order valence-electron chi connectivity index (χ2n) is 3.78. The topological polar surface area (TPSA) is 47.9 Å². The highest BCUT2D eigenvalue weighted by atomic mass is 16.7. The van der Waals surface area contributed by atoms with E-state index in [0.29, 0.717) is 17.9 Å². The van der Waals surface area contributed by atoms with Gasteiger partial charge in [0.1, 0.15) is 12.4 Å². The van der Waals surface area contributed by atoms with E-state index in [2.05, 4.69) is 16.6 Å². The maximum absolute atomic E-state index is 11.4. The zero-order chi connectivity index (χ0) is 13.0. The molecule has 0 bridgehead atoms. The van der Waals surface area contributed by atoms with E-state index in [4.69, 9.17) is 4.74 Å². The number of nitrogens with zero attached hydrogens (tertiary/aromatic N) is 1. The monoisotopic (exact) mass is 243 g/mol. The zero-order valence-electron chi connectivity index (χ0n) is 10.1. The fourth-order valence-electron chi connectivity index (χ4n) is 1.50. The predicted molar refractivity (Wildman–Crippen MR) is 69.3 cm³/mol. The van der Waals surface area contributed by atoms with Gasteiger partial charge in [-0.3, -0.25) is 0 Å². The summed E-state index contributed by atoms with van der Waals surface area (Å²) in [6, 6.07) is 7.40. The van der Waals surface area contributed by atoms with Crippen LogP contribution in [0.15, 0.2) is 47.6 Å². The van der Waals surface area contributed by atoms with Gasteiger partial charge in [0.2, 0.25) is 0 Å². The number of hydrogen-bond donors (Lipinski definition) is 0. The fraction of sp³-hybridized carbons (Fsp3) is 0.143. The molecular formula is C14H13NO3. The molecule has 1 aromatic rings. The Balaban J connectivity index is 2.15. The second kappa shape index (κ2) is 5.31. The normalized spacial score (nSPS) is 16.4. The van der Waals surface area contributed by atoms with Crippen LogP contribution in [0.1, 0.15) is 12.5 Å². The van der Waals surface area contributed by atoms with E-state index in [1.807, 2.05) is 24.3 Å². The highest BCUT2D eigenvalue weighted by Gasteiger charge is 2.21. The van der Waals surface area contributed by atoms with Crippen LogP contribution < -0.4 is 4.74 Å². The van der Waals surface area contributed by atoms with Crippen LogP contribution in [0.2, 0.25) is 0 Å². The molecule has 0 unspecified atom stereocenters. The summed E-state index contributed by atoms with van der Waals surface area (Å²) in [6.45, 7) is 5.78. The molecule has 1 aromatic carbocycles. The summed E-state index contributed by atoms with van der Waals surface area (Å²) in [5, 5.41) is 3.62. The van der Waals surface area contributed by atoms with Crippen LogP contribution >= 0.6 is 0 Å². The maximum Gasteiger partial charge on any atom is 0.367 e. The third-order valence-corrected chi connectivity index (χ3v) is 2.43. The lowest BCUT2D eigenvalue weighted by atomic mass is 10.1. The van der Waals surface area contributed by atoms with E-state index in [1.54, 1.807) is 19.1 Å². The van der Waals surface area contributed by atoms with Crippen LogP contribution in [0.4, 0.5) is 0 Å². The Labute approximate surface area is 105 Å². The van der Waals surface area contributed by atoms with Gasteiger partial charge in [0, 0.05) is 0 Å². The van der Waals surface area contributed by atoms with Crippen molar-refractivity contribution in [2.24, 2.45) is 5.16 Å². The SMILES string of the molecule is C=CCOc1ccc(C=C2C(=O)ON=C2C)cc1. The van der Waals surface area contributed by atoms with Crippen molar-refractivity contribution in [3.63, 3.8) is 0 Å². The fourth-order valence-corrected chi connectivity index (χ4v) is 1.50. The minimum atomic E-state index is -0.417. The first-order valence-electron chi connectivity index (χ1n) is 5.52. The van der Waals surface area contributed by atoms with Crippen LogP contribution in [-0.4, -0.2) is 18.3 Å². The Morgan fingerprint density at radius 3 is 2.67 bits per heavy atom. The molecule has 0 N–H and O–H groups in total. The largest absolute Gasteiger partial charge is 0.490 e. The number of ether oxygens (including phenoxy) is 1. The van der Waals surface area contributed by atoms with Crippen molar-refractivity contribution in [1.29, 1.82) is 0 Å². The molecule has 0 atom stereocenters. The van der Waals surface area contributed by atoms with Gasteiger partial charge in [-0.15, -0.1) is 0 Å². The van der Waals surface area contributed by atoms with Crippen molar-refractivity contribution in [1.82, 2.24) is 0 Å². The van der Waals surface area contributed by atoms with Crippen LogP contribution in [0, 0.1) is 0 Å². The smallest absolute Gasteiger partial charge is 0.367 e. The second-order valence-corrected chi connectivity index (χ2v) is 3.78. The molecule has 1 aliphatic heterocycles. The molecule has 92 valence electrons. The van der Waals surface area contributed by atoms with Crippen molar-refractivity contribution in [3.05, 3.63) is 48.1 Å². The molecule has 0 saturated heterocycles. The van der Waals surface area contributed by atoms with E-state index in [-0.39, 0.29) is 0 Å². The molecule has 0 aromatic heterocycles. The first-order valence-corrected chi connectivity index (χ1v) is 5.52. The maximum atomic E-state index is 11.4. The minimum Gasteiger partial charge on any atom is -0.490 e. The van der Waals surface area contributed by atoms with Crippen LogP contribution in [0.5, 0.6) is 5.75 Å².